The summed E-state index contributed by atoms with van der Waals surface area (Å²) >= 11 is 0. The molecule has 0 aliphatic heterocycles. The first-order valence-corrected chi connectivity index (χ1v) is 51.1. The van der Waals surface area contributed by atoms with Crippen LogP contribution in [0.2, 0.25) is 0 Å². The molecular formula is C140H90N10. The van der Waals surface area contributed by atoms with E-state index >= 15 is 0 Å². The van der Waals surface area contributed by atoms with E-state index in [2.05, 4.69) is 549 Å². The molecule has 10 heterocycles. The van der Waals surface area contributed by atoms with E-state index in [-0.39, 0.29) is 0 Å². The van der Waals surface area contributed by atoms with E-state index < -0.39 is 0 Å². The lowest BCUT2D eigenvalue weighted by Crippen LogP contribution is -1.95. The summed E-state index contributed by atoms with van der Waals surface area (Å²) in [5, 5.41) is 17.8. The molecule has 10 heteroatoms. The summed E-state index contributed by atoms with van der Waals surface area (Å²) in [6, 6.07) is 187. The van der Waals surface area contributed by atoms with E-state index in [1.807, 2.05) is 24.5 Å². The van der Waals surface area contributed by atoms with E-state index in [0.717, 1.165) is 111 Å². The molecule has 31 aromatic rings. The summed E-state index contributed by atoms with van der Waals surface area (Å²) in [7, 11) is 0. The second-order valence-electron chi connectivity index (χ2n) is 38.8. The number of aromatic nitrogens is 10. The summed E-state index contributed by atoms with van der Waals surface area (Å²) in [6.45, 7) is 0. The fourth-order valence-corrected chi connectivity index (χ4v) is 23.3. The lowest BCUT2D eigenvalue weighted by atomic mass is 10.0. The molecule has 0 bridgehead atoms. The quantitative estimate of drug-likeness (QED) is 0.115. The van der Waals surface area contributed by atoms with Gasteiger partial charge in [-0.3, -0.25) is 19.5 Å². The molecule has 0 amide bonds. The third-order valence-corrected chi connectivity index (χ3v) is 30.3. The molecule has 0 aliphatic carbocycles. The van der Waals surface area contributed by atoms with Gasteiger partial charge in [-0.15, -0.1) is 0 Å². The smallest absolute Gasteiger partial charge is 0.145 e. The topological polar surface area (TPSA) is 81.1 Å². The van der Waals surface area contributed by atoms with Gasteiger partial charge in [0.05, 0.1) is 77.2 Å². The van der Waals surface area contributed by atoms with Crippen molar-refractivity contribution in [2.24, 2.45) is 0 Å². The van der Waals surface area contributed by atoms with E-state index in [1.165, 1.54) is 165 Å². The second kappa shape index (κ2) is 36.0. The van der Waals surface area contributed by atoms with Crippen LogP contribution in [-0.2, 0) is 0 Å². The Balaban J connectivity index is 0.000000107. The van der Waals surface area contributed by atoms with Gasteiger partial charge in [0, 0.05) is 140 Å². The van der Waals surface area contributed by atoms with Gasteiger partial charge < -0.3 is 22.8 Å². The Labute approximate surface area is 863 Å². The highest BCUT2D eigenvalue weighted by Gasteiger charge is 2.26. The Morgan fingerprint density at radius 2 is 0.347 bits per heavy atom. The van der Waals surface area contributed by atoms with Gasteiger partial charge >= 0.3 is 0 Å². The average Bonchev–Trinajstić information content (AvgIpc) is 1.57. The Hall–Kier alpha value is -20.2. The van der Waals surface area contributed by atoms with Crippen molar-refractivity contribution in [2.45, 2.75) is 0 Å². The minimum Gasteiger partial charge on any atom is -0.309 e. The van der Waals surface area contributed by atoms with Crippen LogP contribution in [0.4, 0.5) is 0 Å². The van der Waals surface area contributed by atoms with Crippen molar-refractivity contribution in [3.63, 3.8) is 0 Å². The zero-order valence-corrected chi connectivity index (χ0v) is 81.4. The third-order valence-electron chi connectivity index (χ3n) is 30.3. The van der Waals surface area contributed by atoms with Gasteiger partial charge in [0.15, 0.2) is 0 Å². The van der Waals surface area contributed by atoms with Crippen LogP contribution < -0.4 is 0 Å². The van der Waals surface area contributed by atoms with Crippen molar-refractivity contribution in [1.82, 2.24) is 47.3 Å². The van der Waals surface area contributed by atoms with Gasteiger partial charge in [0.1, 0.15) is 5.65 Å². The first kappa shape index (κ1) is 86.5. The standard InChI is InChI=1S/2C51H33N3.C38H24N4/c1-3-13-34(14-4-1)36-17-11-19-40(29-36)53-48-24-10-8-21-42(48)44-31-38(25-27-49(44)53)39-26-28-50-45(32-39)46-33-52-47-23-9-7-22-43(47)51(46)54(50)41-20-12-18-37(30-41)35-15-5-2-6-16-35;1-3-11-34(12-4-1)36-19-25-40(26-20-36)53-48-18-10-8-15-42(48)44-31-38(23-29-49(44)53)39-24-30-50-45(32-39)46-33-52-47-17-9-7-16-43(47)51(46)54(50)41-27-21-37(22-28-41)35-13-5-2-6-14-35;1-3-10-27(11-4-1)41-35-19-17-26(23-32(35)33-24-40-34-16-8-7-14-30(34)37(33)41)25-18-20-36-31(22-25)29-15-9-21-39-38(29)42(36)28-12-5-2-6-13-28/h2*1-33H;1-24H. The average molecular weight is 1910 g/mol. The highest BCUT2D eigenvalue weighted by Crippen LogP contribution is 2.47. The number of fused-ring (bicyclic) bond motifs is 24. The van der Waals surface area contributed by atoms with Crippen molar-refractivity contribution < 1.29 is 0 Å². The van der Waals surface area contributed by atoms with E-state index in [9.17, 15) is 0 Å². The molecule has 700 valence electrons. The largest absolute Gasteiger partial charge is 0.309 e. The predicted molar refractivity (Wildman–Crippen MR) is 627 cm³/mol. The van der Waals surface area contributed by atoms with Crippen LogP contribution in [0.15, 0.2) is 546 Å². The zero-order chi connectivity index (χ0) is 98.8. The zero-order valence-electron chi connectivity index (χ0n) is 81.4. The van der Waals surface area contributed by atoms with Crippen LogP contribution >= 0.6 is 0 Å². The number of hydrogen-bond acceptors (Lipinski definition) is 4. The minimum absolute atomic E-state index is 0.968. The molecule has 10 aromatic heterocycles. The molecule has 0 fully saturated rings. The first-order valence-electron chi connectivity index (χ1n) is 51.1. The van der Waals surface area contributed by atoms with Gasteiger partial charge in [-0.2, -0.15) is 0 Å². The first-order chi connectivity index (χ1) is 74.4. The molecule has 0 radical (unpaired) electrons. The summed E-state index contributed by atoms with van der Waals surface area (Å²) < 4.78 is 14.2. The molecule has 0 saturated heterocycles. The van der Waals surface area contributed by atoms with Crippen LogP contribution in [0.3, 0.4) is 0 Å². The number of nitrogens with zero attached hydrogens (tertiary/aromatic N) is 10. The molecule has 0 spiro atoms. The third kappa shape index (κ3) is 14.6. The Morgan fingerprint density at radius 1 is 0.120 bits per heavy atom. The molecule has 0 saturated carbocycles. The van der Waals surface area contributed by atoms with Gasteiger partial charge in [-0.25, -0.2) is 4.98 Å². The fraction of sp³-hybridized carbons (Fsp3) is 0. The van der Waals surface area contributed by atoms with Gasteiger partial charge in [0.2, 0.25) is 0 Å². The normalized spacial score (nSPS) is 11.7. The molecule has 0 aliphatic rings. The van der Waals surface area contributed by atoms with Crippen LogP contribution in [-0.4, -0.2) is 47.3 Å². The van der Waals surface area contributed by atoms with Gasteiger partial charge in [0.25, 0.3) is 0 Å². The Morgan fingerprint density at radius 3 is 0.727 bits per heavy atom. The predicted octanol–water partition coefficient (Wildman–Crippen LogP) is 36.4. The maximum atomic E-state index is 4.95. The summed E-state index contributed by atoms with van der Waals surface area (Å²) in [5.74, 6) is 0. The van der Waals surface area contributed by atoms with E-state index in [1.54, 1.807) is 0 Å². The number of rotatable bonds is 13. The number of para-hydroxylation sites is 7. The van der Waals surface area contributed by atoms with Crippen molar-refractivity contribution in [1.29, 1.82) is 0 Å². The molecule has 21 aromatic carbocycles. The van der Waals surface area contributed by atoms with Crippen molar-refractivity contribution in [2.75, 3.05) is 0 Å². The molecule has 31 rings (SSSR count). The monoisotopic (exact) mass is 1910 g/mol. The van der Waals surface area contributed by atoms with Crippen molar-refractivity contribution in [3.05, 3.63) is 546 Å². The van der Waals surface area contributed by atoms with Crippen molar-refractivity contribution >= 4 is 164 Å². The second-order valence-corrected chi connectivity index (χ2v) is 38.8. The van der Waals surface area contributed by atoms with Crippen LogP contribution in [0.5, 0.6) is 0 Å². The van der Waals surface area contributed by atoms with Gasteiger partial charge in [-0.1, -0.05) is 334 Å². The lowest BCUT2D eigenvalue weighted by Gasteiger charge is -2.12. The summed E-state index contributed by atoms with van der Waals surface area (Å²) in [4.78, 5) is 19.5. The summed E-state index contributed by atoms with van der Waals surface area (Å²) in [6.07, 6.45) is 8.02. The number of benzene rings is 21. The van der Waals surface area contributed by atoms with Crippen LogP contribution in [0.1, 0.15) is 0 Å². The number of hydrogen-bond donors (Lipinski definition) is 0. The molecule has 0 N–H and O–H groups in total. The highest BCUT2D eigenvalue weighted by molar-refractivity contribution is 6.23. The molecule has 10 nitrogen and oxygen atoms in total. The summed E-state index contributed by atoms with van der Waals surface area (Å²) in [5.41, 5.74) is 40.5. The molecule has 0 atom stereocenters. The van der Waals surface area contributed by atoms with Crippen LogP contribution in [0.25, 0.3) is 276 Å². The van der Waals surface area contributed by atoms with Gasteiger partial charge in [-0.05, 0) is 266 Å². The molecule has 0 unspecified atom stereocenters. The fourth-order valence-electron chi connectivity index (χ4n) is 23.3. The Bertz CT molecular complexity index is 10800. The van der Waals surface area contributed by atoms with E-state index in [0.29, 0.717) is 0 Å². The minimum atomic E-state index is 0.968. The molecule has 150 heavy (non-hydrogen) atoms. The highest BCUT2D eigenvalue weighted by atomic mass is 15.1. The van der Waals surface area contributed by atoms with Crippen LogP contribution in [0, 0.1) is 0 Å². The maximum absolute atomic E-state index is 4.95. The Kier molecular flexibility index (Phi) is 20.7. The van der Waals surface area contributed by atoms with Crippen molar-refractivity contribution in [3.8, 4) is 112 Å². The molecular weight excluding hydrogens is 1820 g/mol. The number of pyridine rings is 4. The van der Waals surface area contributed by atoms with E-state index in [4.69, 9.17) is 19.9 Å². The lowest BCUT2D eigenvalue weighted by molar-refractivity contribution is 1.14. The maximum Gasteiger partial charge on any atom is 0.145 e. The SMILES string of the molecule is c1ccc(-c2ccc(-n3c4ccccc4c4cc(-c5ccc6c(c5)c5cnc7ccccc7c5n6-c5ccc(-c6ccccc6)cc5)ccc43)cc2)cc1.c1ccc(-c2cccc(-n3c4ccccc4c4cc(-c5ccc6c(c5)c5cnc7ccccc7c5n6-c5cccc(-c6ccccc6)c5)ccc43)c2)cc1.c1ccc(-n2c3ccc(-c4ccc5c(c4)c4cnc6ccccc6c4n5-c4ccccc4)cc3c3cccnc32)cc1.